The van der Waals surface area contributed by atoms with Gasteiger partial charge in [0.15, 0.2) is 5.78 Å². The zero-order chi connectivity index (χ0) is 17.2. The number of Topliss-reactive ketones (excluding diaryl/α,β-unsaturated/α-hetero) is 1. The van der Waals surface area contributed by atoms with Gasteiger partial charge in [-0.15, -0.1) is 0 Å². The predicted octanol–water partition coefficient (Wildman–Crippen LogP) is 3.41. The third-order valence-electron chi connectivity index (χ3n) is 3.26. The number of carbonyl (C=O) groups is 1. The van der Waals surface area contributed by atoms with Crippen LogP contribution in [0.4, 0.5) is 11.4 Å². The molecule has 1 N–H and O–H groups in total. The van der Waals surface area contributed by atoms with E-state index in [0.717, 1.165) is 0 Å². The molecule has 0 atom stereocenters. The van der Waals surface area contributed by atoms with Crippen LogP contribution in [0.25, 0.3) is 0 Å². The van der Waals surface area contributed by atoms with E-state index in [0.29, 0.717) is 22.0 Å². The van der Waals surface area contributed by atoms with Gasteiger partial charge in [-0.3, -0.25) is 9.52 Å². The summed E-state index contributed by atoms with van der Waals surface area (Å²) in [4.78, 5) is 13.1. The summed E-state index contributed by atoms with van der Waals surface area (Å²) >= 11 is 5.96. The van der Waals surface area contributed by atoms with Crippen LogP contribution in [0.1, 0.15) is 17.3 Å². The van der Waals surface area contributed by atoms with Crippen molar-refractivity contribution in [1.82, 2.24) is 0 Å². The Morgan fingerprint density at radius 2 is 1.70 bits per heavy atom. The predicted molar refractivity (Wildman–Crippen MR) is 93.0 cm³/mol. The molecule has 0 heterocycles. The van der Waals surface area contributed by atoms with Gasteiger partial charge in [0.1, 0.15) is 0 Å². The van der Waals surface area contributed by atoms with Crippen molar-refractivity contribution in [2.45, 2.75) is 11.8 Å². The normalized spacial score (nSPS) is 11.1. The first-order valence-corrected chi connectivity index (χ1v) is 8.67. The molecule has 0 saturated heterocycles. The van der Waals surface area contributed by atoms with E-state index in [1.54, 1.807) is 23.1 Å². The number of benzene rings is 2. The summed E-state index contributed by atoms with van der Waals surface area (Å²) in [5.74, 6) is -0.119. The van der Waals surface area contributed by atoms with E-state index in [-0.39, 0.29) is 10.7 Å². The van der Waals surface area contributed by atoms with Crippen LogP contribution in [0.5, 0.6) is 0 Å². The Hall–Kier alpha value is -2.05. The van der Waals surface area contributed by atoms with Crippen LogP contribution in [0.15, 0.2) is 47.4 Å². The molecule has 0 bridgehead atoms. The molecule has 0 amide bonds. The summed E-state index contributed by atoms with van der Waals surface area (Å²) in [7, 11) is -0.159. The number of halogens is 1. The van der Waals surface area contributed by atoms with E-state index in [1.807, 2.05) is 14.1 Å². The molecule has 2 aromatic rings. The largest absolute Gasteiger partial charge is 0.376 e. The molecule has 0 radical (unpaired) electrons. The average Bonchev–Trinajstić information content (AvgIpc) is 2.46. The number of nitrogens with one attached hydrogen (secondary N) is 1. The maximum absolute atomic E-state index is 12.5. The van der Waals surface area contributed by atoms with Crippen LogP contribution in [0, 0.1) is 0 Å². The fourth-order valence-electron chi connectivity index (χ4n) is 2.05. The highest BCUT2D eigenvalue weighted by atomic mass is 35.5. The molecular formula is C16H17ClN2O3S. The fourth-order valence-corrected chi connectivity index (χ4v) is 3.29. The topological polar surface area (TPSA) is 66.5 Å². The summed E-state index contributed by atoms with van der Waals surface area (Å²) in [6, 6.07) is 10.8. The Kier molecular flexibility index (Phi) is 4.97. The second-order valence-electron chi connectivity index (χ2n) is 5.24. The van der Waals surface area contributed by atoms with Crippen LogP contribution in [-0.2, 0) is 10.0 Å². The number of sulfonamides is 1. The molecule has 0 spiro atoms. The monoisotopic (exact) mass is 352 g/mol. The van der Waals surface area contributed by atoms with Gasteiger partial charge < -0.3 is 4.90 Å². The van der Waals surface area contributed by atoms with Crippen LogP contribution >= 0.6 is 11.6 Å². The van der Waals surface area contributed by atoms with E-state index in [9.17, 15) is 13.2 Å². The van der Waals surface area contributed by atoms with Gasteiger partial charge >= 0.3 is 0 Å². The number of hydrogen-bond acceptors (Lipinski definition) is 4. The van der Waals surface area contributed by atoms with Crippen LogP contribution < -0.4 is 9.62 Å². The minimum Gasteiger partial charge on any atom is -0.376 e. The van der Waals surface area contributed by atoms with Gasteiger partial charge in [0, 0.05) is 24.7 Å². The summed E-state index contributed by atoms with van der Waals surface area (Å²) < 4.78 is 27.6. The number of rotatable bonds is 5. The Morgan fingerprint density at radius 1 is 1.09 bits per heavy atom. The molecule has 0 aromatic heterocycles. The average molecular weight is 353 g/mol. The van der Waals surface area contributed by atoms with Crippen molar-refractivity contribution in [2.75, 3.05) is 23.7 Å². The molecule has 0 aliphatic rings. The Bertz CT molecular complexity index is 831. The van der Waals surface area contributed by atoms with E-state index >= 15 is 0 Å². The molecule has 5 nitrogen and oxygen atoms in total. The molecule has 0 unspecified atom stereocenters. The molecule has 7 heteroatoms. The van der Waals surface area contributed by atoms with Gasteiger partial charge in [-0.05, 0) is 37.3 Å². The Morgan fingerprint density at radius 3 is 2.22 bits per heavy atom. The zero-order valence-corrected chi connectivity index (χ0v) is 14.6. The fraction of sp³-hybridized carbons (Fsp3) is 0.188. The first kappa shape index (κ1) is 17.3. The van der Waals surface area contributed by atoms with E-state index in [4.69, 9.17) is 11.6 Å². The zero-order valence-electron chi connectivity index (χ0n) is 13.0. The number of hydrogen-bond donors (Lipinski definition) is 1. The first-order valence-electron chi connectivity index (χ1n) is 6.81. The van der Waals surface area contributed by atoms with Crippen molar-refractivity contribution in [3.63, 3.8) is 0 Å². The second kappa shape index (κ2) is 6.60. The van der Waals surface area contributed by atoms with E-state index in [2.05, 4.69) is 4.72 Å². The lowest BCUT2D eigenvalue weighted by Crippen LogP contribution is -2.17. The van der Waals surface area contributed by atoms with Gasteiger partial charge in [0.2, 0.25) is 0 Å². The molecule has 2 aromatic carbocycles. The molecule has 0 aliphatic heterocycles. The van der Waals surface area contributed by atoms with Crippen molar-refractivity contribution in [3.8, 4) is 0 Å². The van der Waals surface area contributed by atoms with Gasteiger partial charge in [0.25, 0.3) is 10.0 Å². The summed E-state index contributed by atoms with van der Waals surface area (Å²) in [5, 5.41) is 0.431. The lowest BCUT2D eigenvalue weighted by atomic mass is 10.2. The van der Waals surface area contributed by atoms with Gasteiger partial charge in [-0.2, -0.15) is 0 Å². The van der Waals surface area contributed by atoms with E-state index < -0.39 is 10.0 Å². The summed E-state index contributed by atoms with van der Waals surface area (Å²) in [6.45, 7) is 1.43. The molecule has 0 fully saturated rings. The Balaban J connectivity index is 2.38. The molecule has 0 aliphatic carbocycles. The second-order valence-corrected chi connectivity index (χ2v) is 7.36. The van der Waals surface area contributed by atoms with Gasteiger partial charge in [0.05, 0.1) is 16.3 Å². The highest BCUT2D eigenvalue weighted by molar-refractivity contribution is 7.92. The number of nitrogens with zero attached hydrogens (tertiary/aromatic N) is 1. The molecule has 0 saturated carbocycles. The quantitative estimate of drug-likeness (QED) is 0.837. The number of ketones is 1. The standard InChI is InChI=1S/C16H17ClN2O3S/c1-11(20)12-4-7-14(8-5-12)23(21,22)18-15-10-13(17)6-9-16(15)19(2)3/h4-10,18H,1-3H3. The van der Waals surface area contributed by atoms with Crippen LogP contribution in [0.2, 0.25) is 5.02 Å². The SMILES string of the molecule is CC(=O)c1ccc(S(=O)(=O)Nc2cc(Cl)ccc2N(C)C)cc1. The van der Waals surface area contributed by atoms with Crippen molar-refractivity contribution >= 4 is 38.8 Å². The number of anilines is 2. The van der Waals surface area contributed by atoms with Crippen LogP contribution in [-0.4, -0.2) is 28.3 Å². The number of carbonyl (C=O) groups excluding carboxylic acids is 1. The van der Waals surface area contributed by atoms with Crippen molar-refractivity contribution in [3.05, 3.63) is 53.1 Å². The molecule has 23 heavy (non-hydrogen) atoms. The van der Waals surface area contributed by atoms with Gasteiger partial charge in [-0.1, -0.05) is 23.7 Å². The molecular weight excluding hydrogens is 336 g/mol. The third kappa shape index (κ3) is 4.03. The Labute approximate surface area is 140 Å². The van der Waals surface area contributed by atoms with Gasteiger partial charge in [-0.25, -0.2) is 8.42 Å². The minimum atomic E-state index is -3.78. The maximum atomic E-state index is 12.5. The first-order chi connectivity index (χ1) is 10.7. The molecule has 122 valence electrons. The lowest BCUT2D eigenvalue weighted by Gasteiger charge is -2.19. The lowest BCUT2D eigenvalue weighted by molar-refractivity contribution is 0.101. The van der Waals surface area contributed by atoms with Crippen molar-refractivity contribution < 1.29 is 13.2 Å². The van der Waals surface area contributed by atoms with Crippen molar-refractivity contribution in [1.29, 1.82) is 0 Å². The third-order valence-corrected chi connectivity index (χ3v) is 4.87. The highest BCUT2D eigenvalue weighted by Crippen LogP contribution is 2.29. The van der Waals surface area contributed by atoms with Crippen LogP contribution in [0.3, 0.4) is 0 Å². The highest BCUT2D eigenvalue weighted by Gasteiger charge is 2.17. The molecule has 2 rings (SSSR count). The summed E-state index contributed by atoms with van der Waals surface area (Å²) in [5.41, 5.74) is 1.54. The van der Waals surface area contributed by atoms with E-state index in [1.165, 1.54) is 31.2 Å². The minimum absolute atomic E-state index is 0.0761. The van der Waals surface area contributed by atoms with Crippen molar-refractivity contribution in [2.24, 2.45) is 0 Å². The maximum Gasteiger partial charge on any atom is 0.261 e. The summed E-state index contributed by atoms with van der Waals surface area (Å²) in [6.07, 6.45) is 0. The smallest absolute Gasteiger partial charge is 0.261 e.